The minimum atomic E-state index is -0.496. The highest BCUT2D eigenvalue weighted by Crippen LogP contribution is 2.19. The molecule has 17 heavy (non-hydrogen) atoms. The fraction of sp³-hybridized carbons (Fsp3) is 0.417. The van der Waals surface area contributed by atoms with Crippen molar-refractivity contribution in [2.24, 2.45) is 0 Å². The molecule has 0 spiro atoms. The van der Waals surface area contributed by atoms with Crippen molar-refractivity contribution in [1.29, 1.82) is 0 Å². The van der Waals surface area contributed by atoms with E-state index in [1.807, 2.05) is 25.8 Å². The summed E-state index contributed by atoms with van der Waals surface area (Å²) >= 11 is 5.62. The second-order valence-electron chi connectivity index (χ2n) is 4.19. The van der Waals surface area contributed by atoms with Crippen LogP contribution in [0.2, 0.25) is 5.02 Å². The average Bonchev–Trinajstić information content (AvgIpc) is 2.23. The maximum Gasteiger partial charge on any atom is 0.238 e. The molecule has 1 aromatic rings. The predicted octanol–water partition coefficient (Wildman–Crippen LogP) is 2.76. The van der Waals surface area contributed by atoms with Gasteiger partial charge in [-0.15, -0.1) is 0 Å². The molecule has 0 aromatic heterocycles. The number of nitrogens with one attached hydrogen (secondary N) is 1. The fourth-order valence-corrected chi connectivity index (χ4v) is 1.36. The second-order valence-corrected chi connectivity index (χ2v) is 4.59. The van der Waals surface area contributed by atoms with E-state index < -0.39 is 5.82 Å². The third kappa shape index (κ3) is 4.32. The zero-order valence-electron chi connectivity index (χ0n) is 10.1. The number of carbonyl (C=O) groups excluding carboxylic acids is 1. The Morgan fingerprint density at radius 2 is 2.18 bits per heavy atom. The molecular formula is C12H16ClFN2O. The molecule has 0 saturated carbocycles. The first kappa shape index (κ1) is 13.9. The minimum absolute atomic E-state index is 0.0000131. The Bertz CT molecular complexity index is 409. The smallest absolute Gasteiger partial charge is 0.238 e. The summed E-state index contributed by atoms with van der Waals surface area (Å²) in [5.41, 5.74) is 0.499. The van der Waals surface area contributed by atoms with Gasteiger partial charge in [-0.25, -0.2) is 4.39 Å². The average molecular weight is 259 g/mol. The molecule has 5 heteroatoms. The van der Waals surface area contributed by atoms with Crippen LogP contribution in [0.3, 0.4) is 0 Å². The number of carbonyl (C=O) groups is 1. The zero-order chi connectivity index (χ0) is 13.0. The highest BCUT2D eigenvalue weighted by Gasteiger charge is 2.10. The number of amides is 1. The SMILES string of the molecule is CC(C)N(C)CC(=O)Nc1ccc(F)c(Cl)c1. The number of halogens is 2. The lowest BCUT2D eigenvalue weighted by Crippen LogP contribution is -2.34. The molecule has 3 nitrogen and oxygen atoms in total. The summed E-state index contributed by atoms with van der Waals surface area (Å²) in [5.74, 6) is -0.646. The predicted molar refractivity (Wildman–Crippen MR) is 67.8 cm³/mol. The highest BCUT2D eigenvalue weighted by molar-refractivity contribution is 6.31. The van der Waals surface area contributed by atoms with Crippen molar-refractivity contribution >= 4 is 23.2 Å². The van der Waals surface area contributed by atoms with E-state index >= 15 is 0 Å². The third-order valence-electron chi connectivity index (χ3n) is 2.48. The lowest BCUT2D eigenvalue weighted by atomic mass is 10.3. The molecule has 0 saturated heterocycles. The lowest BCUT2D eigenvalue weighted by Gasteiger charge is -2.20. The molecule has 0 atom stereocenters. The van der Waals surface area contributed by atoms with Gasteiger partial charge in [0, 0.05) is 11.7 Å². The number of hydrogen-bond donors (Lipinski definition) is 1. The van der Waals surface area contributed by atoms with E-state index in [0.717, 1.165) is 0 Å². The summed E-state index contributed by atoms with van der Waals surface area (Å²) in [6, 6.07) is 4.39. The van der Waals surface area contributed by atoms with E-state index in [1.165, 1.54) is 18.2 Å². The number of likely N-dealkylation sites (N-methyl/N-ethyl adjacent to an activating group) is 1. The van der Waals surface area contributed by atoms with Crippen LogP contribution >= 0.6 is 11.6 Å². The first-order valence-corrected chi connectivity index (χ1v) is 5.73. The van der Waals surface area contributed by atoms with Crippen molar-refractivity contribution in [1.82, 2.24) is 4.90 Å². The zero-order valence-corrected chi connectivity index (χ0v) is 10.9. The molecular weight excluding hydrogens is 243 g/mol. The molecule has 1 amide bonds. The number of anilines is 1. The number of benzene rings is 1. The molecule has 1 rings (SSSR count). The van der Waals surface area contributed by atoms with Crippen molar-refractivity contribution in [3.63, 3.8) is 0 Å². The van der Waals surface area contributed by atoms with Gasteiger partial charge in [0.2, 0.25) is 5.91 Å². The molecule has 0 fully saturated rings. The molecule has 1 N–H and O–H groups in total. The largest absolute Gasteiger partial charge is 0.325 e. The van der Waals surface area contributed by atoms with Crippen molar-refractivity contribution in [3.05, 3.63) is 29.0 Å². The quantitative estimate of drug-likeness (QED) is 0.901. The van der Waals surface area contributed by atoms with Crippen LogP contribution in [0.5, 0.6) is 0 Å². The fourth-order valence-electron chi connectivity index (χ4n) is 1.18. The van der Waals surface area contributed by atoms with Crippen molar-refractivity contribution < 1.29 is 9.18 Å². The van der Waals surface area contributed by atoms with Gasteiger partial charge in [-0.1, -0.05) is 11.6 Å². The molecule has 0 bridgehead atoms. The molecule has 94 valence electrons. The summed E-state index contributed by atoms with van der Waals surface area (Å²) < 4.78 is 12.9. The van der Waals surface area contributed by atoms with Gasteiger partial charge in [0.15, 0.2) is 0 Å². The second kappa shape index (κ2) is 5.98. The van der Waals surface area contributed by atoms with Crippen LogP contribution in [0.4, 0.5) is 10.1 Å². The van der Waals surface area contributed by atoms with E-state index in [2.05, 4.69) is 5.32 Å². The first-order valence-electron chi connectivity index (χ1n) is 5.35. The maximum absolute atomic E-state index is 12.9. The van der Waals surface area contributed by atoms with E-state index in [1.54, 1.807) is 0 Å². The number of rotatable bonds is 4. The van der Waals surface area contributed by atoms with Gasteiger partial charge in [-0.05, 0) is 39.1 Å². The first-order chi connectivity index (χ1) is 7.90. The van der Waals surface area contributed by atoms with Gasteiger partial charge >= 0.3 is 0 Å². The number of nitrogens with zero attached hydrogens (tertiary/aromatic N) is 1. The van der Waals surface area contributed by atoms with Gasteiger partial charge in [-0.2, -0.15) is 0 Å². The molecule has 0 radical (unpaired) electrons. The Kier molecular flexibility index (Phi) is 4.90. The molecule has 0 heterocycles. The van der Waals surface area contributed by atoms with Crippen LogP contribution in [0.25, 0.3) is 0 Å². The maximum atomic E-state index is 12.9. The Balaban J connectivity index is 2.59. The Labute approximate surface area is 106 Å². The molecule has 0 unspecified atom stereocenters. The van der Waals surface area contributed by atoms with Gasteiger partial charge < -0.3 is 5.32 Å². The highest BCUT2D eigenvalue weighted by atomic mass is 35.5. The molecule has 1 aromatic carbocycles. The topological polar surface area (TPSA) is 32.3 Å². The van der Waals surface area contributed by atoms with Crippen molar-refractivity contribution in [2.45, 2.75) is 19.9 Å². The summed E-state index contributed by atoms with van der Waals surface area (Å²) in [5, 5.41) is 2.66. The van der Waals surface area contributed by atoms with Crippen LogP contribution < -0.4 is 5.32 Å². The summed E-state index contributed by atoms with van der Waals surface area (Å²) in [6.07, 6.45) is 0. The van der Waals surface area contributed by atoms with E-state index in [0.29, 0.717) is 5.69 Å². The lowest BCUT2D eigenvalue weighted by molar-refractivity contribution is -0.117. The van der Waals surface area contributed by atoms with Crippen LogP contribution in [0.1, 0.15) is 13.8 Å². The Hall–Kier alpha value is -1.13. The summed E-state index contributed by atoms with van der Waals surface area (Å²) in [6.45, 7) is 4.29. The summed E-state index contributed by atoms with van der Waals surface area (Å²) in [7, 11) is 1.86. The van der Waals surface area contributed by atoms with E-state index in [-0.39, 0.29) is 23.5 Å². The Morgan fingerprint density at radius 1 is 1.53 bits per heavy atom. The van der Waals surface area contributed by atoms with Crippen LogP contribution in [-0.2, 0) is 4.79 Å². The number of hydrogen-bond acceptors (Lipinski definition) is 2. The normalized spacial score (nSPS) is 11.0. The monoisotopic (exact) mass is 258 g/mol. The molecule has 0 aliphatic carbocycles. The summed E-state index contributed by atoms with van der Waals surface area (Å²) in [4.78, 5) is 13.5. The third-order valence-corrected chi connectivity index (χ3v) is 2.77. The van der Waals surface area contributed by atoms with Gasteiger partial charge in [0.05, 0.1) is 11.6 Å². The van der Waals surface area contributed by atoms with Gasteiger partial charge in [0.25, 0.3) is 0 Å². The molecule has 0 aliphatic rings. The van der Waals surface area contributed by atoms with Gasteiger partial charge in [0.1, 0.15) is 5.82 Å². The van der Waals surface area contributed by atoms with Crippen LogP contribution in [-0.4, -0.2) is 30.4 Å². The Morgan fingerprint density at radius 3 is 2.71 bits per heavy atom. The van der Waals surface area contributed by atoms with Crippen LogP contribution in [0, 0.1) is 5.82 Å². The molecule has 0 aliphatic heterocycles. The van der Waals surface area contributed by atoms with Crippen molar-refractivity contribution in [2.75, 3.05) is 18.9 Å². The van der Waals surface area contributed by atoms with E-state index in [4.69, 9.17) is 11.6 Å². The minimum Gasteiger partial charge on any atom is -0.325 e. The van der Waals surface area contributed by atoms with Gasteiger partial charge in [-0.3, -0.25) is 9.69 Å². The van der Waals surface area contributed by atoms with Crippen molar-refractivity contribution in [3.8, 4) is 0 Å². The standard InChI is InChI=1S/C12H16ClFN2O/c1-8(2)16(3)7-12(17)15-9-4-5-11(14)10(13)6-9/h4-6,8H,7H2,1-3H3,(H,15,17). The van der Waals surface area contributed by atoms with Crippen LogP contribution in [0.15, 0.2) is 18.2 Å². The van der Waals surface area contributed by atoms with E-state index in [9.17, 15) is 9.18 Å².